The smallest absolute Gasteiger partial charge is 0.139 e. The average Bonchev–Trinajstić information content (AvgIpc) is 3.57. The van der Waals surface area contributed by atoms with E-state index in [1.807, 2.05) is 6.07 Å². The van der Waals surface area contributed by atoms with Gasteiger partial charge in [0, 0.05) is 16.3 Å². The van der Waals surface area contributed by atoms with Crippen LogP contribution in [-0.4, -0.2) is 39.2 Å². The Kier molecular flexibility index (Phi) is 8.09. The summed E-state index contributed by atoms with van der Waals surface area (Å²) in [5.41, 5.74) is 20.1. The quantitative estimate of drug-likeness (QED) is 0.185. The Hall–Kier alpha value is -5.60. The predicted octanol–water partition coefficient (Wildman–Crippen LogP) is 5.15. The summed E-state index contributed by atoms with van der Waals surface area (Å²) in [6.07, 6.45) is 0. The zero-order valence-electron chi connectivity index (χ0n) is 32.6. The van der Waals surface area contributed by atoms with E-state index in [0.29, 0.717) is 0 Å². The molecule has 0 bridgehead atoms. The minimum absolute atomic E-state index is 0.0108. The molecule has 6 heteroatoms. The summed E-state index contributed by atoms with van der Waals surface area (Å²) < 4.78 is 6.41. The fourth-order valence-corrected chi connectivity index (χ4v) is 8.88. The first kappa shape index (κ1) is 34.2. The molecule has 0 N–H and O–H groups in total. The van der Waals surface area contributed by atoms with Crippen molar-refractivity contribution >= 4 is 110 Å². The standard InChI is InChI=1S/C48H41B5O/c1-48(2,3)29-21-22-33-35(25-29)40(42-43(49)45(51)47(53)46(52)44(42)50)32-14-8-7-13-31(32)38(33)27-17-19-28(20-18-27)39-30(26-11-5-4-6-12-26)23-24-37-41(39)34-15-9-10-16-36(34)54-37/h4-25H,49-53H2,1-3H3. The van der Waals surface area contributed by atoms with Crippen molar-refractivity contribution in [3.05, 3.63) is 139 Å². The first-order valence-electron chi connectivity index (χ1n) is 19.2. The highest BCUT2D eigenvalue weighted by Crippen LogP contribution is 2.46. The molecular weight excluding hydrogens is 647 g/mol. The van der Waals surface area contributed by atoms with Gasteiger partial charge in [-0.3, -0.25) is 0 Å². The lowest BCUT2D eigenvalue weighted by Gasteiger charge is -2.26. The predicted molar refractivity (Wildman–Crippen MR) is 250 cm³/mol. The van der Waals surface area contributed by atoms with Gasteiger partial charge < -0.3 is 4.42 Å². The Morgan fingerprint density at radius 1 is 0.389 bits per heavy atom. The van der Waals surface area contributed by atoms with Gasteiger partial charge in [-0.25, -0.2) is 0 Å². The van der Waals surface area contributed by atoms with E-state index in [4.69, 9.17) is 4.42 Å². The van der Waals surface area contributed by atoms with Crippen molar-refractivity contribution in [2.45, 2.75) is 26.2 Å². The molecular formula is C48H41B5O. The lowest BCUT2D eigenvalue weighted by atomic mass is 9.59. The third kappa shape index (κ3) is 5.30. The van der Waals surface area contributed by atoms with Crippen LogP contribution in [0.4, 0.5) is 0 Å². The summed E-state index contributed by atoms with van der Waals surface area (Å²) in [4.78, 5) is 0. The lowest BCUT2D eigenvalue weighted by Crippen LogP contribution is -2.55. The van der Waals surface area contributed by atoms with Gasteiger partial charge in [-0.15, -0.1) is 16.4 Å². The SMILES string of the molecule is Bc1c(B)c(B)c(-c2c3ccccc3c(-c3ccc(-c4c(-c5ccccc5)ccc5oc6ccccc6c45)cc3)c3ccc(C(C)(C)C)cc23)c(B)c1B. The fourth-order valence-electron chi connectivity index (χ4n) is 8.88. The highest BCUT2D eigenvalue weighted by molar-refractivity contribution is 6.69. The van der Waals surface area contributed by atoms with E-state index >= 15 is 0 Å². The van der Waals surface area contributed by atoms with Gasteiger partial charge in [0.15, 0.2) is 0 Å². The van der Waals surface area contributed by atoms with Crippen LogP contribution < -0.4 is 27.3 Å². The monoisotopic (exact) mass is 688 g/mol. The molecule has 254 valence electrons. The maximum Gasteiger partial charge on any atom is 0.139 e. The summed E-state index contributed by atoms with van der Waals surface area (Å²) in [6, 6.07) is 49.0. The van der Waals surface area contributed by atoms with Crippen molar-refractivity contribution in [1.29, 1.82) is 0 Å². The topological polar surface area (TPSA) is 13.1 Å². The van der Waals surface area contributed by atoms with Crippen LogP contribution >= 0.6 is 0 Å². The van der Waals surface area contributed by atoms with Crippen LogP contribution in [0.3, 0.4) is 0 Å². The fraction of sp³-hybridized carbons (Fsp3) is 0.0833. The van der Waals surface area contributed by atoms with E-state index in [-0.39, 0.29) is 5.41 Å². The average molecular weight is 688 g/mol. The number of rotatable bonds is 4. The molecule has 8 aromatic carbocycles. The van der Waals surface area contributed by atoms with Gasteiger partial charge in [0.05, 0.1) is 0 Å². The number of para-hydroxylation sites is 1. The molecule has 1 nitrogen and oxygen atoms in total. The summed E-state index contributed by atoms with van der Waals surface area (Å²) in [6.45, 7) is 6.95. The van der Waals surface area contributed by atoms with Crippen LogP contribution in [0.5, 0.6) is 0 Å². The normalized spacial score (nSPS) is 12.0. The number of fused-ring (bicyclic) bond motifs is 5. The maximum absolute atomic E-state index is 6.41. The molecule has 1 heterocycles. The number of hydrogen-bond acceptors (Lipinski definition) is 1. The van der Waals surface area contributed by atoms with E-state index in [9.17, 15) is 0 Å². The highest BCUT2D eigenvalue weighted by atomic mass is 16.3. The van der Waals surface area contributed by atoms with Crippen LogP contribution in [0.15, 0.2) is 138 Å². The third-order valence-electron chi connectivity index (χ3n) is 12.2. The Balaban J connectivity index is 1.34. The van der Waals surface area contributed by atoms with Gasteiger partial charge in [-0.1, -0.05) is 147 Å². The van der Waals surface area contributed by atoms with Gasteiger partial charge in [0.2, 0.25) is 0 Å². The van der Waals surface area contributed by atoms with Crippen molar-refractivity contribution < 1.29 is 4.42 Å². The molecule has 54 heavy (non-hydrogen) atoms. The number of hydrogen-bond donors (Lipinski definition) is 0. The van der Waals surface area contributed by atoms with Crippen LogP contribution in [-0.2, 0) is 5.41 Å². The van der Waals surface area contributed by atoms with E-state index < -0.39 is 0 Å². The molecule has 9 rings (SSSR count). The summed E-state index contributed by atoms with van der Waals surface area (Å²) in [5.74, 6) is 0. The summed E-state index contributed by atoms with van der Waals surface area (Å²) in [5, 5.41) is 7.47. The van der Waals surface area contributed by atoms with Gasteiger partial charge in [-0.2, -0.15) is 0 Å². The highest BCUT2D eigenvalue weighted by Gasteiger charge is 2.24. The van der Waals surface area contributed by atoms with E-state index in [0.717, 1.165) is 21.9 Å². The Bertz CT molecular complexity index is 2930. The van der Waals surface area contributed by atoms with Crippen molar-refractivity contribution in [2.24, 2.45) is 0 Å². The largest absolute Gasteiger partial charge is 0.456 e. The molecule has 0 fully saturated rings. The summed E-state index contributed by atoms with van der Waals surface area (Å²) in [7, 11) is 11.5. The zero-order valence-corrected chi connectivity index (χ0v) is 32.6. The Morgan fingerprint density at radius 3 is 1.57 bits per heavy atom. The zero-order chi connectivity index (χ0) is 37.5. The molecule has 0 saturated heterocycles. The molecule has 0 unspecified atom stereocenters. The first-order chi connectivity index (χ1) is 26.0. The second-order valence-electron chi connectivity index (χ2n) is 16.2. The Morgan fingerprint density at radius 2 is 0.926 bits per heavy atom. The summed E-state index contributed by atoms with van der Waals surface area (Å²) >= 11 is 0. The molecule has 0 spiro atoms. The van der Waals surface area contributed by atoms with Crippen molar-refractivity contribution in [3.63, 3.8) is 0 Å². The number of benzene rings is 8. The molecule has 0 saturated carbocycles. The van der Waals surface area contributed by atoms with Crippen molar-refractivity contribution in [1.82, 2.24) is 0 Å². The first-order valence-corrected chi connectivity index (χ1v) is 19.2. The molecule has 9 aromatic rings. The van der Waals surface area contributed by atoms with Crippen molar-refractivity contribution in [3.8, 4) is 44.5 Å². The minimum Gasteiger partial charge on any atom is -0.456 e. The van der Waals surface area contributed by atoms with E-state index in [1.54, 1.807) is 0 Å². The second-order valence-corrected chi connectivity index (χ2v) is 16.2. The maximum atomic E-state index is 6.41. The molecule has 0 atom stereocenters. The minimum atomic E-state index is 0.0108. The van der Waals surface area contributed by atoms with Gasteiger partial charge in [-0.05, 0) is 89.7 Å². The van der Waals surface area contributed by atoms with E-state index in [1.165, 1.54) is 98.9 Å². The molecule has 1 aromatic heterocycles. The molecule has 0 aliphatic rings. The number of furan rings is 1. The van der Waals surface area contributed by atoms with Gasteiger partial charge >= 0.3 is 0 Å². The van der Waals surface area contributed by atoms with Gasteiger partial charge in [0.1, 0.15) is 50.4 Å². The molecule has 0 aliphatic heterocycles. The van der Waals surface area contributed by atoms with Crippen LogP contribution in [0.2, 0.25) is 0 Å². The second kappa shape index (κ2) is 12.8. The molecule has 0 radical (unpaired) electrons. The van der Waals surface area contributed by atoms with Crippen LogP contribution in [0.25, 0.3) is 88.0 Å². The lowest BCUT2D eigenvalue weighted by molar-refractivity contribution is 0.591. The van der Waals surface area contributed by atoms with Crippen LogP contribution in [0, 0.1) is 0 Å². The van der Waals surface area contributed by atoms with Gasteiger partial charge in [0.25, 0.3) is 0 Å². The molecule has 0 amide bonds. The van der Waals surface area contributed by atoms with E-state index in [2.05, 4.69) is 187 Å². The third-order valence-corrected chi connectivity index (χ3v) is 12.2. The molecule has 0 aliphatic carbocycles. The van der Waals surface area contributed by atoms with Crippen LogP contribution in [0.1, 0.15) is 26.3 Å². The van der Waals surface area contributed by atoms with Crippen molar-refractivity contribution in [2.75, 3.05) is 0 Å². The Labute approximate surface area is 322 Å².